The molecule has 2 aliphatic rings. The van der Waals surface area contributed by atoms with Crippen LogP contribution in [0.1, 0.15) is 53.3 Å². The Morgan fingerprint density at radius 3 is 2.33 bits per heavy atom. The zero-order valence-electron chi connectivity index (χ0n) is 17.0. The number of aromatic nitrogens is 2. The minimum absolute atomic E-state index is 0.170. The molecule has 0 aromatic carbocycles. The third kappa shape index (κ3) is 3.25. The molecule has 0 amide bonds. The summed E-state index contributed by atoms with van der Waals surface area (Å²) in [5.41, 5.74) is -0.539. The maximum absolute atomic E-state index is 12.3. The topological polar surface area (TPSA) is 82.6 Å². The van der Waals surface area contributed by atoms with Crippen molar-refractivity contribution in [2.24, 2.45) is 0 Å². The normalized spacial score (nSPS) is 31.0. The van der Waals surface area contributed by atoms with Crippen molar-refractivity contribution < 1.29 is 13.6 Å². The van der Waals surface area contributed by atoms with Gasteiger partial charge in [-0.15, -0.1) is 11.6 Å². The number of aryl methyl sites for hydroxylation is 1. The number of hydrogen-bond donors (Lipinski definition) is 1. The van der Waals surface area contributed by atoms with Gasteiger partial charge in [0.15, 0.2) is 6.23 Å². The predicted octanol–water partition coefficient (Wildman–Crippen LogP) is 2.81. The van der Waals surface area contributed by atoms with E-state index in [4.69, 9.17) is 25.2 Å². The highest BCUT2D eigenvalue weighted by atomic mass is 35.5. The maximum Gasteiger partial charge on any atom is 0.349 e. The van der Waals surface area contributed by atoms with E-state index < -0.39 is 31.4 Å². The van der Waals surface area contributed by atoms with Crippen LogP contribution >= 0.6 is 11.6 Å². The maximum atomic E-state index is 12.3. The third-order valence-corrected chi connectivity index (χ3v) is 11.0. The third-order valence-electron chi connectivity index (χ3n) is 5.41. The van der Waals surface area contributed by atoms with Crippen LogP contribution in [-0.4, -0.2) is 42.3 Å². The monoisotopic (exact) mass is 416 g/mol. The molecule has 7 nitrogen and oxygen atoms in total. The molecule has 0 radical (unpaired) electrons. The Kier molecular flexibility index (Phi) is 5.05. The van der Waals surface area contributed by atoms with Gasteiger partial charge in [-0.1, -0.05) is 41.5 Å². The van der Waals surface area contributed by atoms with E-state index in [-0.39, 0.29) is 22.3 Å². The number of nitrogens with one attached hydrogen (secondary N) is 1. The van der Waals surface area contributed by atoms with E-state index in [0.29, 0.717) is 12.2 Å². The summed E-state index contributed by atoms with van der Waals surface area (Å²) < 4.78 is 20.4. The number of rotatable bonds is 1. The quantitative estimate of drug-likeness (QED) is 0.562. The van der Waals surface area contributed by atoms with Gasteiger partial charge in [-0.25, -0.2) is 4.79 Å². The summed E-state index contributed by atoms with van der Waals surface area (Å²) in [6.45, 7) is 14.8. The second-order valence-electron chi connectivity index (χ2n) is 9.50. The Hall–Kier alpha value is -0.933. The summed E-state index contributed by atoms with van der Waals surface area (Å²) in [6, 6.07) is 0. The van der Waals surface area contributed by atoms with Gasteiger partial charge in [0.05, 0.1) is 12.7 Å². The summed E-state index contributed by atoms with van der Waals surface area (Å²) in [4.78, 5) is 26.2. The van der Waals surface area contributed by atoms with Gasteiger partial charge in [0.25, 0.3) is 5.56 Å². The first kappa shape index (κ1) is 20.8. The second-order valence-corrected chi connectivity index (χ2v) is 14.8. The molecular formula is C18H29ClN2O5Si. The minimum Gasteiger partial charge on any atom is -0.391 e. The van der Waals surface area contributed by atoms with E-state index >= 15 is 0 Å². The first-order valence-corrected chi connectivity index (χ1v) is 11.5. The molecule has 2 saturated heterocycles. The number of halogens is 1. The lowest BCUT2D eigenvalue weighted by Crippen LogP contribution is -2.65. The summed E-state index contributed by atoms with van der Waals surface area (Å²) in [5, 5.41) is -0.911. The fourth-order valence-corrected chi connectivity index (χ4v) is 9.76. The highest BCUT2D eigenvalue weighted by Gasteiger charge is 2.64. The minimum atomic E-state index is -2.69. The lowest BCUT2D eigenvalue weighted by molar-refractivity contribution is -0.0809. The van der Waals surface area contributed by atoms with Crippen molar-refractivity contribution in [2.45, 2.75) is 82.4 Å². The van der Waals surface area contributed by atoms with Crippen LogP contribution in [0.4, 0.5) is 0 Å². The molecule has 1 aromatic heterocycles. The average molecular weight is 417 g/mol. The van der Waals surface area contributed by atoms with Gasteiger partial charge >= 0.3 is 14.3 Å². The molecule has 3 heterocycles. The zero-order chi connectivity index (χ0) is 20.4. The number of nitrogens with zero attached hydrogens (tertiary/aromatic N) is 1. The van der Waals surface area contributed by atoms with E-state index in [1.54, 1.807) is 6.92 Å². The Morgan fingerprint density at radius 2 is 1.78 bits per heavy atom. The first-order valence-electron chi connectivity index (χ1n) is 9.22. The smallest absolute Gasteiger partial charge is 0.349 e. The number of aromatic amines is 1. The van der Waals surface area contributed by atoms with Gasteiger partial charge in [0.1, 0.15) is 11.5 Å². The molecule has 9 heteroatoms. The summed E-state index contributed by atoms with van der Waals surface area (Å²) in [6.07, 6.45) is 0.0205. The van der Waals surface area contributed by atoms with Gasteiger partial charge in [-0.2, -0.15) is 0 Å². The fraction of sp³-hybridized carbons (Fsp3) is 0.778. The van der Waals surface area contributed by atoms with Gasteiger partial charge in [0.2, 0.25) is 0 Å². The molecule has 0 spiro atoms. The van der Waals surface area contributed by atoms with E-state index in [0.717, 1.165) is 0 Å². The molecule has 27 heavy (non-hydrogen) atoms. The van der Waals surface area contributed by atoms with Crippen molar-refractivity contribution in [1.82, 2.24) is 9.55 Å². The highest BCUT2D eigenvalue weighted by molar-refractivity contribution is 6.73. The fourth-order valence-electron chi connectivity index (χ4n) is 4.30. The number of H-pyrrole nitrogens is 1. The van der Waals surface area contributed by atoms with E-state index in [9.17, 15) is 9.59 Å². The van der Waals surface area contributed by atoms with Crippen molar-refractivity contribution in [2.75, 3.05) is 6.61 Å². The Morgan fingerprint density at radius 1 is 1.19 bits per heavy atom. The van der Waals surface area contributed by atoms with Gasteiger partial charge < -0.3 is 13.6 Å². The van der Waals surface area contributed by atoms with Crippen LogP contribution in [0.25, 0.3) is 0 Å². The molecule has 2 fully saturated rings. The second kappa shape index (κ2) is 6.55. The molecule has 4 atom stereocenters. The van der Waals surface area contributed by atoms with Crippen LogP contribution in [0, 0.1) is 6.92 Å². The van der Waals surface area contributed by atoms with Crippen LogP contribution in [-0.2, 0) is 13.6 Å². The molecule has 2 aliphatic heterocycles. The van der Waals surface area contributed by atoms with Crippen molar-refractivity contribution in [3.8, 4) is 0 Å². The lowest BCUT2D eigenvalue weighted by Gasteiger charge is -2.53. The van der Waals surface area contributed by atoms with E-state index in [2.05, 4.69) is 46.5 Å². The number of fused-ring (bicyclic) bond motifs is 1. The summed E-state index contributed by atoms with van der Waals surface area (Å²) >= 11 is 6.74. The van der Waals surface area contributed by atoms with E-state index in [1.165, 1.54) is 10.8 Å². The largest absolute Gasteiger partial charge is 0.391 e. The Balaban J connectivity index is 1.97. The molecule has 152 valence electrons. The molecular weight excluding hydrogens is 388 g/mol. The average Bonchev–Trinajstić information content (AvgIpc) is 2.85. The molecule has 0 aliphatic carbocycles. The molecule has 0 bridgehead atoms. The van der Waals surface area contributed by atoms with Crippen LogP contribution < -0.4 is 11.2 Å². The molecule has 3 rings (SSSR count). The van der Waals surface area contributed by atoms with Crippen LogP contribution in [0.5, 0.6) is 0 Å². The summed E-state index contributed by atoms with van der Waals surface area (Å²) in [5.74, 6) is 0. The Labute approximate surface area is 165 Å². The van der Waals surface area contributed by atoms with Crippen LogP contribution in [0.3, 0.4) is 0 Å². The van der Waals surface area contributed by atoms with Crippen LogP contribution in [0.15, 0.2) is 15.8 Å². The SMILES string of the molecule is Cc1cn(C2OC3CO[Si](C(C)(C)C)(C(C)(C)C)OC3C2Cl)c(=O)[nH]c1=O. The standard InChI is InChI=1S/C18H29ClN2O5Si/c1-10-8-21(16(23)20-14(10)22)15-12(19)13-11(25-15)9-24-27(26-13,17(2,3)4)18(5,6)7/h8,11-13,15H,9H2,1-7H3,(H,20,22,23). The molecule has 4 unspecified atom stereocenters. The molecule has 1 aromatic rings. The van der Waals surface area contributed by atoms with Crippen LogP contribution in [0.2, 0.25) is 10.1 Å². The number of alkyl halides is 1. The van der Waals surface area contributed by atoms with Gasteiger partial charge in [-0.05, 0) is 6.92 Å². The van der Waals surface area contributed by atoms with Crippen molar-refractivity contribution >= 4 is 20.2 Å². The van der Waals surface area contributed by atoms with E-state index in [1.807, 2.05) is 0 Å². The number of hydrogen-bond acceptors (Lipinski definition) is 5. The van der Waals surface area contributed by atoms with Crippen molar-refractivity contribution in [3.05, 3.63) is 32.6 Å². The zero-order valence-corrected chi connectivity index (χ0v) is 18.7. The predicted molar refractivity (Wildman–Crippen MR) is 106 cm³/mol. The highest BCUT2D eigenvalue weighted by Crippen LogP contribution is 2.56. The first-order chi connectivity index (χ1) is 12.3. The lowest BCUT2D eigenvalue weighted by atomic mass is 10.2. The Bertz CT molecular complexity index is 824. The van der Waals surface area contributed by atoms with Gasteiger partial charge in [-0.3, -0.25) is 14.3 Å². The van der Waals surface area contributed by atoms with Gasteiger partial charge in [0, 0.05) is 21.8 Å². The number of ether oxygens (including phenoxy) is 1. The molecule has 0 saturated carbocycles. The van der Waals surface area contributed by atoms with Crippen molar-refractivity contribution in [3.63, 3.8) is 0 Å². The van der Waals surface area contributed by atoms with Crippen molar-refractivity contribution in [1.29, 1.82) is 0 Å². The summed E-state index contributed by atoms with van der Waals surface area (Å²) in [7, 11) is -2.69. The molecule has 1 N–H and O–H groups in total.